The highest BCUT2D eigenvalue weighted by molar-refractivity contribution is 6.00. The zero-order valence-electron chi connectivity index (χ0n) is 11.2. The van der Waals surface area contributed by atoms with Crippen molar-refractivity contribution in [3.63, 3.8) is 0 Å². The van der Waals surface area contributed by atoms with Crippen molar-refractivity contribution >= 4 is 11.8 Å². The van der Waals surface area contributed by atoms with Crippen LogP contribution in [0.25, 0.3) is 0 Å². The Morgan fingerprint density at radius 2 is 2.06 bits per heavy atom. The van der Waals surface area contributed by atoms with Gasteiger partial charge in [0.1, 0.15) is 11.6 Å². The molecule has 0 aromatic carbocycles. The Morgan fingerprint density at radius 3 is 2.61 bits per heavy atom. The van der Waals surface area contributed by atoms with Crippen LogP contribution in [0, 0.1) is 0 Å². The molecule has 0 aromatic heterocycles. The third-order valence-electron chi connectivity index (χ3n) is 4.17. The number of hydrogen-bond donors (Lipinski definition) is 1. The highest BCUT2D eigenvalue weighted by Crippen LogP contribution is 2.38. The Hall–Kier alpha value is -1.32. The first kappa shape index (κ1) is 13.1. The van der Waals surface area contributed by atoms with E-state index in [9.17, 15) is 9.59 Å². The molecule has 1 saturated carbocycles. The fourth-order valence-corrected chi connectivity index (χ4v) is 3.09. The van der Waals surface area contributed by atoms with E-state index in [1.165, 1.54) is 0 Å². The average molecular weight is 250 g/mol. The SMILES string of the molecule is C/C=C/CN1C(=O)C(CC)NC(=O)C12CCCC2. The summed E-state index contributed by atoms with van der Waals surface area (Å²) in [5.74, 6) is 0.132. The lowest BCUT2D eigenvalue weighted by Crippen LogP contribution is -2.69. The third kappa shape index (κ3) is 1.93. The van der Waals surface area contributed by atoms with E-state index < -0.39 is 5.54 Å². The summed E-state index contributed by atoms with van der Waals surface area (Å²) >= 11 is 0. The summed E-state index contributed by atoms with van der Waals surface area (Å²) in [6.07, 6.45) is 8.23. The minimum absolute atomic E-state index is 0.0518. The van der Waals surface area contributed by atoms with Crippen molar-refractivity contribution < 1.29 is 9.59 Å². The number of nitrogens with zero attached hydrogens (tertiary/aromatic N) is 1. The quantitative estimate of drug-likeness (QED) is 0.774. The molecule has 1 N–H and O–H groups in total. The van der Waals surface area contributed by atoms with Crippen molar-refractivity contribution in [3.8, 4) is 0 Å². The van der Waals surface area contributed by atoms with Crippen LogP contribution in [0.4, 0.5) is 0 Å². The first-order valence-corrected chi connectivity index (χ1v) is 6.89. The Kier molecular flexibility index (Phi) is 3.73. The summed E-state index contributed by atoms with van der Waals surface area (Å²) in [5.41, 5.74) is -0.567. The van der Waals surface area contributed by atoms with Gasteiger partial charge in [0.05, 0.1) is 0 Å². The predicted molar refractivity (Wildman–Crippen MR) is 69.9 cm³/mol. The zero-order valence-corrected chi connectivity index (χ0v) is 11.2. The van der Waals surface area contributed by atoms with E-state index in [0.717, 1.165) is 25.7 Å². The summed E-state index contributed by atoms with van der Waals surface area (Å²) < 4.78 is 0. The van der Waals surface area contributed by atoms with Gasteiger partial charge in [-0.05, 0) is 26.2 Å². The topological polar surface area (TPSA) is 49.4 Å². The van der Waals surface area contributed by atoms with Gasteiger partial charge in [-0.15, -0.1) is 0 Å². The van der Waals surface area contributed by atoms with Gasteiger partial charge in [-0.2, -0.15) is 0 Å². The standard InChI is InChI=1S/C14H22N2O2/c1-3-5-10-16-12(17)11(4-2)15-13(18)14(16)8-6-7-9-14/h3,5,11H,4,6-10H2,1-2H3,(H,15,18)/b5-3+. The van der Waals surface area contributed by atoms with Crippen LogP contribution in [0.5, 0.6) is 0 Å². The summed E-state index contributed by atoms with van der Waals surface area (Å²) in [7, 11) is 0. The minimum Gasteiger partial charge on any atom is -0.342 e. The maximum Gasteiger partial charge on any atom is 0.246 e. The summed E-state index contributed by atoms with van der Waals surface area (Å²) in [4.78, 5) is 26.6. The van der Waals surface area contributed by atoms with Crippen LogP contribution in [0.1, 0.15) is 46.0 Å². The molecule has 0 radical (unpaired) electrons. The van der Waals surface area contributed by atoms with Gasteiger partial charge < -0.3 is 10.2 Å². The molecule has 0 aromatic rings. The van der Waals surface area contributed by atoms with Gasteiger partial charge in [-0.1, -0.05) is 31.9 Å². The normalized spacial score (nSPS) is 27.2. The smallest absolute Gasteiger partial charge is 0.246 e. The average Bonchev–Trinajstić information content (AvgIpc) is 2.84. The van der Waals surface area contributed by atoms with Crippen LogP contribution < -0.4 is 5.32 Å². The molecule has 100 valence electrons. The number of carbonyl (C=O) groups is 2. The van der Waals surface area contributed by atoms with Crippen LogP contribution in [0.3, 0.4) is 0 Å². The molecule has 18 heavy (non-hydrogen) atoms. The second kappa shape index (κ2) is 5.12. The van der Waals surface area contributed by atoms with Crippen molar-refractivity contribution in [3.05, 3.63) is 12.2 Å². The van der Waals surface area contributed by atoms with Gasteiger partial charge in [0.2, 0.25) is 11.8 Å². The molecule has 1 aliphatic carbocycles. The molecule has 2 aliphatic rings. The third-order valence-corrected chi connectivity index (χ3v) is 4.17. The van der Waals surface area contributed by atoms with Gasteiger partial charge in [0.25, 0.3) is 0 Å². The van der Waals surface area contributed by atoms with E-state index >= 15 is 0 Å². The molecule has 1 spiro atoms. The van der Waals surface area contributed by atoms with Crippen LogP contribution in [0.15, 0.2) is 12.2 Å². The van der Waals surface area contributed by atoms with Gasteiger partial charge >= 0.3 is 0 Å². The van der Waals surface area contributed by atoms with Crippen LogP contribution in [-0.2, 0) is 9.59 Å². The largest absolute Gasteiger partial charge is 0.342 e. The number of nitrogens with one attached hydrogen (secondary N) is 1. The Labute approximate surface area is 108 Å². The van der Waals surface area contributed by atoms with E-state index in [1.54, 1.807) is 0 Å². The van der Waals surface area contributed by atoms with Gasteiger partial charge in [-0.25, -0.2) is 0 Å². The fourth-order valence-electron chi connectivity index (χ4n) is 3.09. The van der Waals surface area contributed by atoms with Gasteiger partial charge in [-0.3, -0.25) is 9.59 Å². The highest BCUT2D eigenvalue weighted by atomic mass is 16.2. The lowest BCUT2D eigenvalue weighted by molar-refractivity contribution is -0.156. The zero-order chi connectivity index (χ0) is 13.2. The van der Waals surface area contributed by atoms with Crippen molar-refractivity contribution in [2.24, 2.45) is 0 Å². The molecule has 2 fully saturated rings. The summed E-state index contributed by atoms with van der Waals surface area (Å²) in [6.45, 7) is 4.43. The van der Waals surface area contributed by atoms with Gasteiger partial charge in [0, 0.05) is 6.54 Å². The minimum atomic E-state index is -0.567. The predicted octanol–water partition coefficient (Wildman–Crippen LogP) is 1.61. The number of rotatable bonds is 3. The van der Waals surface area contributed by atoms with Crippen LogP contribution >= 0.6 is 0 Å². The molecule has 2 amide bonds. The molecule has 0 bridgehead atoms. The van der Waals surface area contributed by atoms with E-state index in [2.05, 4.69) is 5.32 Å². The lowest BCUT2D eigenvalue weighted by atomic mass is 9.89. The van der Waals surface area contributed by atoms with Crippen molar-refractivity contribution in [1.82, 2.24) is 10.2 Å². The van der Waals surface area contributed by atoms with E-state index in [4.69, 9.17) is 0 Å². The van der Waals surface area contributed by atoms with Crippen molar-refractivity contribution in [1.29, 1.82) is 0 Å². The first-order valence-electron chi connectivity index (χ1n) is 6.89. The summed E-state index contributed by atoms with van der Waals surface area (Å²) in [6, 6.07) is -0.339. The van der Waals surface area contributed by atoms with Crippen molar-refractivity contribution in [2.45, 2.75) is 57.5 Å². The molecular weight excluding hydrogens is 228 g/mol. The first-order chi connectivity index (χ1) is 8.65. The molecular formula is C14H22N2O2. The summed E-state index contributed by atoms with van der Waals surface area (Å²) in [5, 5.41) is 2.90. The Morgan fingerprint density at radius 1 is 1.39 bits per heavy atom. The van der Waals surface area contributed by atoms with E-state index in [1.807, 2.05) is 30.9 Å². The van der Waals surface area contributed by atoms with Crippen LogP contribution in [0.2, 0.25) is 0 Å². The molecule has 2 rings (SSSR count). The molecule has 4 heteroatoms. The number of carbonyl (C=O) groups excluding carboxylic acids is 2. The van der Waals surface area contributed by atoms with E-state index in [0.29, 0.717) is 13.0 Å². The molecule has 1 saturated heterocycles. The molecule has 1 aliphatic heterocycles. The number of allylic oxidation sites excluding steroid dienone is 1. The monoisotopic (exact) mass is 250 g/mol. The Bertz CT molecular complexity index is 370. The van der Waals surface area contributed by atoms with Crippen molar-refractivity contribution in [2.75, 3.05) is 6.54 Å². The van der Waals surface area contributed by atoms with Gasteiger partial charge in [0.15, 0.2) is 0 Å². The second-order valence-electron chi connectivity index (χ2n) is 5.19. The molecule has 1 unspecified atom stereocenters. The second-order valence-corrected chi connectivity index (χ2v) is 5.19. The highest BCUT2D eigenvalue weighted by Gasteiger charge is 2.52. The number of piperazine rings is 1. The van der Waals surface area contributed by atoms with E-state index in [-0.39, 0.29) is 17.9 Å². The lowest BCUT2D eigenvalue weighted by Gasteiger charge is -2.45. The molecule has 4 nitrogen and oxygen atoms in total. The number of hydrogen-bond acceptors (Lipinski definition) is 2. The maximum atomic E-state index is 12.4. The fraction of sp³-hybridized carbons (Fsp3) is 0.714. The number of amides is 2. The van der Waals surface area contributed by atoms with Crippen LogP contribution in [-0.4, -0.2) is 34.8 Å². The Balaban J connectivity index is 2.30. The maximum absolute atomic E-state index is 12.4. The molecule has 1 heterocycles. The molecule has 1 atom stereocenters.